The molecule has 2 rings (SSSR count). The summed E-state index contributed by atoms with van der Waals surface area (Å²) in [6, 6.07) is 4.63. The number of hydrogen-bond acceptors (Lipinski definition) is 4. The molecule has 0 bridgehead atoms. The van der Waals surface area contributed by atoms with E-state index in [1.165, 1.54) is 11.0 Å². The first kappa shape index (κ1) is 20.0. The van der Waals surface area contributed by atoms with Crippen LogP contribution in [0.1, 0.15) is 46.5 Å². The first-order valence-electron chi connectivity index (χ1n) is 9.21. The summed E-state index contributed by atoms with van der Waals surface area (Å²) in [6.45, 7) is 7.14. The summed E-state index contributed by atoms with van der Waals surface area (Å²) in [7, 11) is 0. The molecule has 7 heteroatoms. The molecule has 1 aliphatic heterocycles. The number of carbonyl (C=O) groups is 2. The van der Waals surface area contributed by atoms with Gasteiger partial charge in [0.05, 0.1) is 0 Å². The summed E-state index contributed by atoms with van der Waals surface area (Å²) < 4.78 is 7.04. The van der Waals surface area contributed by atoms with Crippen LogP contribution >= 0.6 is 0 Å². The van der Waals surface area contributed by atoms with Crippen molar-refractivity contribution >= 4 is 12.0 Å². The number of carbonyl (C=O) groups excluding carboxylic acids is 2. The van der Waals surface area contributed by atoms with Crippen LogP contribution in [0.2, 0.25) is 0 Å². The lowest BCUT2D eigenvalue weighted by Crippen LogP contribution is -2.47. The topological polar surface area (TPSA) is 80.6 Å². The predicted octanol–water partition coefficient (Wildman–Crippen LogP) is 2.14. The van der Waals surface area contributed by atoms with Crippen molar-refractivity contribution in [1.29, 1.82) is 0 Å². The highest BCUT2D eigenvalue weighted by Crippen LogP contribution is 2.20. The van der Waals surface area contributed by atoms with Gasteiger partial charge < -0.3 is 14.6 Å². The molecular weight excluding hydrogens is 334 g/mol. The number of ether oxygens (including phenoxy) is 1. The molecule has 0 aliphatic carbocycles. The van der Waals surface area contributed by atoms with Crippen LogP contribution in [0, 0.1) is 0 Å². The van der Waals surface area contributed by atoms with E-state index in [1.807, 2.05) is 26.8 Å². The average molecular weight is 363 g/mol. The molecule has 0 unspecified atom stereocenters. The largest absolute Gasteiger partial charge is 0.444 e. The number of unbranched alkanes of at least 4 members (excludes halogenated alkanes) is 1. The minimum atomic E-state index is -0.573. The van der Waals surface area contributed by atoms with Crippen LogP contribution in [0.3, 0.4) is 0 Å². The van der Waals surface area contributed by atoms with E-state index < -0.39 is 17.7 Å². The van der Waals surface area contributed by atoms with Crippen LogP contribution in [0.4, 0.5) is 4.79 Å². The Morgan fingerprint density at radius 1 is 1.27 bits per heavy atom. The second kappa shape index (κ2) is 8.87. The first-order valence-corrected chi connectivity index (χ1v) is 9.21. The van der Waals surface area contributed by atoms with Crippen molar-refractivity contribution in [2.45, 2.75) is 64.6 Å². The van der Waals surface area contributed by atoms with Crippen LogP contribution < -0.4 is 10.9 Å². The molecule has 0 saturated carbocycles. The summed E-state index contributed by atoms with van der Waals surface area (Å²) in [5.41, 5.74) is -0.591. The molecule has 1 aliphatic rings. The van der Waals surface area contributed by atoms with E-state index in [9.17, 15) is 14.4 Å². The van der Waals surface area contributed by atoms with Gasteiger partial charge in [0.25, 0.3) is 0 Å². The minimum absolute atomic E-state index is 0.0181. The fourth-order valence-corrected chi connectivity index (χ4v) is 2.96. The summed E-state index contributed by atoms with van der Waals surface area (Å²) in [5, 5.41) is 2.90. The lowest BCUT2D eigenvalue weighted by atomic mass is 10.2. The van der Waals surface area contributed by atoms with Crippen LogP contribution in [-0.2, 0) is 16.1 Å². The molecule has 1 N–H and O–H groups in total. The quantitative estimate of drug-likeness (QED) is 0.785. The van der Waals surface area contributed by atoms with Gasteiger partial charge in [-0.15, -0.1) is 0 Å². The number of amides is 2. The smallest absolute Gasteiger partial charge is 0.410 e. The molecule has 2 heterocycles. The SMILES string of the molecule is CC(C)(C)OC(=O)N1CCC[C@H]1C(=O)NCCCCn1ccccc1=O. The van der Waals surface area contributed by atoms with E-state index in [1.54, 1.807) is 16.8 Å². The van der Waals surface area contributed by atoms with E-state index in [2.05, 4.69) is 5.32 Å². The number of aromatic nitrogens is 1. The minimum Gasteiger partial charge on any atom is -0.444 e. The molecule has 0 aromatic carbocycles. The summed E-state index contributed by atoms with van der Waals surface area (Å²) in [6.07, 6.45) is 4.35. The second-order valence-corrected chi connectivity index (χ2v) is 7.56. The van der Waals surface area contributed by atoms with Gasteiger partial charge in [0.15, 0.2) is 0 Å². The monoisotopic (exact) mass is 363 g/mol. The average Bonchev–Trinajstić information content (AvgIpc) is 3.04. The molecule has 1 aromatic rings. The maximum absolute atomic E-state index is 12.4. The van der Waals surface area contributed by atoms with Crippen molar-refractivity contribution in [3.63, 3.8) is 0 Å². The zero-order valence-corrected chi connectivity index (χ0v) is 15.9. The molecule has 0 radical (unpaired) electrons. The number of pyridine rings is 1. The second-order valence-electron chi connectivity index (χ2n) is 7.56. The van der Waals surface area contributed by atoms with Crippen LogP contribution in [0.25, 0.3) is 0 Å². The number of likely N-dealkylation sites (tertiary alicyclic amines) is 1. The molecule has 2 amide bonds. The molecule has 1 fully saturated rings. The number of nitrogens with one attached hydrogen (secondary N) is 1. The fraction of sp³-hybridized carbons (Fsp3) is 0.632. The lowest BCUT2D eigenvalue weighted by Gasteiger charge is -2.28. The maximum Gasteiger partial charge on any atom is 0.410 e. The molecule has 1 saturated heterocycles. The van der Waals surface area contributed by atoms with Gasteiger partial charge in [0.1, 0.15) is 11.6 Å². The normalized spacial score (nSPS) is 17.2. The number of aryl methyl sites for hydroxylation is 1. The van der Waals surface area contributed by atoms with Gasteiger partial charge in [0.2, 0.25) is 11.5 Å². The Hall–Kier alpha value is -2.31. The Kier molecular flexibility index (Phi) is 6.83. The Bertz CT molecular complexity index is 678. The van der Waals surface area contributed by atoms with Gasteiger partial charge >= 0.3 is 6.09 Å². The van der Waals surface area contributed by atoms with Gasteiger partial charge in [-0.25, -0.2) is 4.79 Å². The fourth-order valence-electron chi connectivity index (χ4n) is 2.96. The number of rotatable bonds is 6. The summed E-state index contributed by atoms with van der Waals surface area (Å²) in [4.78, 5) is 37.8. The van der Waals surface area contributed by atoms with Crippen molar-refractivity contribution in [2.24, 2.45) is 0 Å². The standard InChI is InChI=1S/C19H29N3O4/c1-19(2,3)26-18(25)22-14-8-9-15(22)17(24)20-11-5-7-13-21-12-6-4-10-16(21)23/h4,6,10,12,15H,5,7-9,11,13-14H2,1-3H3,(H,20,24)/t15-/m0/s1. The van der Waals surface area contributed by atoms with Crippen molar-refractivity contribution in [3.05, 3.63) is 34.7 Å². The summed E-state index contributed by atoms with van der Waals surface area (Å²) >= 11 is 0. The van der Waals surface area contributed by atoms with Crippen molar-refractivity contribution in [3.8, 4) is 0 Å². The number of nitrogens with zero attached hydrogens (tertiary/aromatic N) is 2. The third kappa shape index (κ3) is 5.89. The van der Waals surface area contributed by atoms with E-state index in [0.29, 0.717) is 26.1 Å². The zero-order valence-electron chi connectivity index (χ0n) is 15.9. The molecule has 7 nitrogen and oxygen atoms in total. The molecule has 1 atom stereocenters. The summed E-state index contributed by atoms with van der Waals surface area (Å²) in [5.74, 6) is -0.134. The van der Waals surface area contributed by atoms with Crippen molar-refractivity contribution in [1.82, 2.24) is 14.8 Å². The molecule has 0 spiro atoms. The Morgan fingerprint density at radius 3 is 2.73 bits per heavy atom. The predicted molar refractivity (Wildman–Crippen MR) is 98.9 cm³/mol. The third-order valence-electron chi connectivity index (χ3n) is 4.21. The Labute approximate surface area is 154 Å². The van der Waals surface area contributed by atoms with Crippen molar-refractivity contribution in [2.75, 3.05) is 13.1 Å². The van der Waals surface area contributed by atoms with Crippen molar-refractivity contribution < 1.29 is 14.3 Å². The molecule has 1 aromatic heterocycles. The first-order chi connectivity index (χ1) is 12.3. The number of hydrogen-bond donors (Lipinski definition) is 1. The highest BCUT2D eigenvalue weighted by Gasteiger charge is 2.36. The van der Waals surface area contributed by atoms with Crippen LogP contribution in [-0.4, -0.2) is 46.2 Å². The Morgan fingerprint density at radius 2 is 2.04 bits per heavy atom. The van der Waals surface area contributed by atoms with E-state index >= 15 is 0 Å². The van der Waals surface area contributed by atoms with Gasteiger partial charge in [0, 0.05) is 31.9 Å². The van der Waals surface area contributed by atoms with Gasteiger partial charge in [-0.3, -0.25) is 14.5 Å². The molecular formula is C19H29N3O4. The van der Waals surface area contributed by atoms with E-state index in [0.717, 1.165) is 19.3 Å². The Balaban J connectivity index is 1.74. The van der Waals surface area contributed by atoms with Gasteiger partial charge in [-0.1, -0.05) is 6.07 Å². The lowest BCUT2D eigenvalue weighted by molar-refractivity contribution is -0.125. The van der Waals surface area contributed by atoms with Gasteiger partial charge in [-0.2, -0.15) is 0 Å². The van der Waals surface area contributed by atoms with Crippen LogP contribution in [0.5, 0.6) is 0 Å². The maximum atomic E-state index is 12.4. The zero-order chi connectivity index (χ0) is 19.2. The highest BCUT2D eigenvalue weighted by molar-refractivity contribution is 5.86. The van der Waals surface area contributed by atoms with E-state index in [-0.39, 0.29) is 11.5 Å². The molecule has 26 heavy (non-hydrogen) atoms. The van der Waals surface area contributed by atoms with E-state index in [4.69, 9.17) is 4.74 Å². The highest BCUT2D eigenvalue weighted by atomic mass is 16.6. The third-order valence-corrected chi connectivity index (χ3v) is 4.21. The van der Waals surface area contributed by atoms with Crippen LogP contribution in [0.15, 0.2) is 29.2 Å². The van der Waals surface area contributed by atoms with Gasteiger partial charge in [-0.05, 0) is 52.5 Å². The molecule has 144 valence electrons.